The summed E-state index contributed by atoms with van der Waals surface area (Å²) in [5.74, 6) is -0.0814. The van der Waals surface area contributed by atoms with Gasteiger partial charge in [-0.05, 0) is 43.5 Å². The Kier molecular flexibility index (Phi) is 4.46. The summed E-state index contributed by atoms with van der Waals surface area (Å²) in [5.41, 5.74) is 3.74. The summed E-state index contributed by atoms with van der Waals surface area (Å²) in [5, 5.41) is 4.49. The quantitative estimate of drug-likeness (QED) is 0.666. The molecule has 0 N–H and O–H groups in total. The molecule has 1 aromatic carbocycles. The van der Waals surface area contributed by atoms with E-state index in [1.165, 1.54) is 0 Å². The van der Waals surface area contributed by atoms with E-state index >= 15 is 0 Å². The van der Waals surface area contributed by atoms with Gasteiger partial charge in [0, 0.05) is 56.4 Å². The third-order valence-corrected chi connectivity index (χ3v) is 5.71. The van der Waals surface area contributed by atoms with Crippen LogP contribution < -0.4 is 0 Å². The number of rotatable bonds is 2. The summed E-state index contributed by atoms with van der Waals surface area (Å²) in [6, 6.07) is 7.30. The predicted molar refractivity (Wildman–Crippen MR) is 107 cm³/mol. The highest BCUT2D eigenvalue weighted by molar-refractivity contribution is 5.97. The molecule has 0 bridgehead atoms. The lowest BCUT2D eigenvalue weighted by molar-refractivity contribution is 0.0532. The molecule has 2 aromatic heterocycles. The fraction of sp³-hybridized carbons (Fsp3) is 0.381. The Labute approximate surface area is 168 Å². The first-order chi connectivity index (χ1) is 14.2. The maximum absolute atomic E-state index is 12.9. The molecule has 0 aliphatic carbocycles. The monoisotopic (exact) mass is 390 g/mol. The van der Waals surface area contributed by atoms with E-state index < -0.39 is 0 Å². The Morgan fingerprint density at radius 1 is 0.793 bits per heavy atom. The first-order valence-corrected chi connectivity index (χ1v) is 10.0. The molecule has 4 heterocycles. The number of amides is 2. The summed E-state index contributed by atoms with van der Waals surface area (Å²) in [7, 11) is 0. The van der Waals surface area contributed by atoms with Crippen LogP contribution in [-0.4, -0.2) is 67.5 Å². The van der Waals surface area contributed by atoms with Gasteiger partial charge in [0.25, 0.3) is 11.8 Å². The molecule has 29 heavy (non-hydrogen) atoms. The van der Waals surface area contributed by atoms with Crippen molar-refractivity contribution in [1.29, 1.82) is 0 Å². The van der Waals surface area contributed by atoms with E-state index in [1.807, 2.05) is 16.8 Å². The first-order valence-electron chi connectivity index (χ1n) is 10.0. The Hall–Kier alpha value is -3.29. The standard InChI is InChI=1S/C21H22N6O2/c28-20(15-4-5-17-18(13-15)23-7-6-22-17)25-9-11-26(12-10-25)21(29)19-14-16-3-1-2-8-27(16)24-19/h4-7,13-14H,1-3,8-12H2. The maximum atomic E-state index is 12.9. The Bertz CT molecular complexity index is 1060. The number of hydrogen-bond donors (Lipinski definition) is 0. The highest BCUT2D eigenvalue weighted by Crippen LogP contribution is 2.18. The van der Waals surface area contributed by atoms with Crippen LogP contribution in [-0.2, 0) is 13.0 Å². The fourth-order valence-electron chi connectivity index (χ4n) is 4.08. The highest BCUT2D eigenvalue weighted by Gasteiger charge is 2.27. The number of piperazine rings is 1. The van der Waals surface area contributed by atoms with Crippen LogP contribution in [0.2, 0.25) is 0 Å². The summed E-state index contributed by atoms with van der Waals surface area (Å²) < 4.78 is 1.96. The van der Waals surface area contributed by atoms with Crippen molar-refractivity contribution in [3.05, 3.63) is 53.6 Å². The molecule has 0 radical (unpaired) electrons. The molecule has 0 spiro atoms. The van der Waals surface area contributed by atoms with Gasteiger partial charge in [0.15, 0.2) is 5.69 Å². The van der Waals surface area contributed by atoms with Crippen LogP contribution in [0.25, 0.3) is 11.0 Å². The van der Waals surface area contributed by atoms with Crippen LogP contribution in [0.4, 0.5) is 0 Å². The summed E-state index contributed by atoms with van der Waals surface area (Å²) in [6.07, 6.45) is 6.51. The summed E-state index contributed by atoms with van der Waals surface area (Å²) >= 11 is 0. The molecule has 8 heteroatoms. The Balaban J connectivity index is 1.25. The molecule has 2 aliphatic heterocycles. The maximum Gasteiger partial charge on any atom is 0.274 e. The van der Waals surface area contributed by atoms with Crippen LogP contribution in [0.5, 0.6) is 0 Å². The van der Waals surface area contributed by atoms with E-state index in [-0.39, 0.29) is 11.8 Å². The van der Waals surface area contributed by atoms with Gasteiger partial charge >= 0.3 is 0 Å². The van der Waals surface area contributed by atoms with Gasteiger partial charge in [-0.15, -0.1) is 0 Å². The third-order valence-electron chi connectivity index (χ3n) is 5.71. The lowest BCUT2D eigenvalue weighted by Crippen LogP contribution is -2.50. The average molecular weight is 390 g/mol. The van der Waals surface area contributed by atoms with Crippen molar-refractivity contribution >= 4 is 22.8 Å². The number of carbonyl (C=O) groups is 2. The van der Waals surface area contributed by atoms with Crippen molar-refractivity contribution in [2.45, 2.75) is 25.8 Å². The van der Waals surface area contributed by atoms with Gasteiger partial charge < -0.3 is 9.80 Å². The molecule has 148 valence electrons. The van der Waals surface area contributed by atoms with Crippen molar-refractivity contribution in [3.63, 3.8) is 0 Å². The molecule has 3 aromatic rings. The van der Waals surface area contributed by atoms with Crippen LogP contribution in [0.3, 0.4) is 0 Å². The molecule has 1 saturated heterocycles. The van der Waals surface area contributed by atoms with Gasteiger partial charge in [-0.1, -0.05) is 0 Å². The molecule has 8 nitrogen and oxygen atoms in total. The summed E-state index contributed by atoms with van der Waals surface area (Å²) in [6.45, 7) is 2.94. The molecule has 0 unspecified atom stereocenters. The lowest BCUT2D eigenvalue weighted by atomic mass is 10.1. The van der Waals surface area contributed by atoms with Crippen LogP contribution in [0.15, 0.2) is 36.7 Å². The van der Waals surface area contributed by atoms with Gasteiger partial charge in [-0.25, -0.2) is 0 Å². The number of nitrogens with zero attached hydrogens (tertiary/aromatic N) is 6. The van der Waals surface area contributed by atoms with Gasteiger partial charge in [-0.3, -0.25) is 24.2 Å². The average Bonchev–Trinajstić information content (AvgIpc) is 3.22. The van der Waals surface area contributed by atoms with Crippen molar-refractivity contribution < 1.29 is 9.59 Å². The van der Waals surface area contributed by atoms with Crippen LogP contribution in [0, 0.1) is 0 Å². The van der Waals surface area contributed by atoms with E-state index in [0.29, 0.717) is 43.0 Å². The minimum absolute atomic E-state index is 0.0397. The van der Waals surface area contributed by atoms with Gasteiger partial charge in [0.2, 0.25) is 0 Å². The molecular formula is C21H22N6O2. The van der Waals surface area contributed by atoms with Gasteiger partial charge in [0.1, 0.15) is 0 Å². The zero-order valence-corrected chi connectivity index (χ0v) is 16.1. The van der Waals surface area contributed by atoms with Gasteiger partial charge in [-0.2, -0.15) is 5.10 Å². The fourth-order valence-corrected chi connectivity index (χ4v) is 4.08. The number of hydrogen-bond acceptors (Lipinski definition) is 5. The Morgan fingerprint density at radius 2 is 1.52 bits per heavy atom. The number of fused-ring (bicyclic) bond motifs is 2. The topological polar surface area (TPSA) is 84.2 Å². The number of carbonyl (C=O) groups excluding carboxylic acids is 2. The number of aromatic nitrogens is 4. The molecule has 0 atom stereocenters. The van der Waals surface area contributed by atoms with Crippen molar-refractivity contribution in [2.24, 2.45) is 0 Å². The highest BCUT2D eigenvalue weighted by atomic mass is 16.2. The van der Waals surface area contributed by atoms with Crippen molar-refractivity contribution in [3.8, 4) is 0 Å². The first kappa shape index (κ1) is 17.8. The minimum Gasteiger partial charge on any atom is -0.335 e. The van der Waals surface area contributed by atoms with Crippen molar-refractivity contribution in [1.82, 2.24) is 29.5 Å². The number of aryl methyl sites for hydroxylation is 2. The predicted octanol–water partition coefficient (Wildman–Crippen LogP) is 1.76. The second kappa shape index (κ2) is 7.27. The normalized spacial score (nSPS) is 16.7. The summed E-state index contributed by atoms with van der Waals surface area (Å²) in [4.78, 5) is 37.8. The lowest BCUT2D eigenvalue weighted by Gasteiger charge is -2.34. The SMILES string of the molecule is O=C(c1ccc2nccnc2c1)N1CCN(C(=O)c2cc3n(n2)CCCC3)CC1. The molecule has 5 rings (SSSR count). The number of benzene rings is 1. The largest absolute Gasteiger partial charge is 0.335 e. The zero-order valence-electron chi connectivity index (χ0n) is 16.1. The van der Waals surface area contributed by atoms with E-state index in [0.717, 1.165) is 37.0 Å². The van der Waals surface area contributed by atoms with Gasteiger partial charge in [0.05, 0.1) is 11.0 Å². The smallest absolute Gasteiger partial charge is 0.274 e. The van der Waals surface area contributed by atoms with Crippen molar-refractivity contribution in [2.75, 3.05) is 26.2 Å². The second-order valence-corrected chi connectivity index (χ2v) is 7.55. The van der Waals surface area contributed by atoms with E-state index in [4.69, 9.17) is 0 Å². The van der Waals surface area contributed by atoms with E-state index in [1.54, 1.807) is 34.3 Å². The van der Waals surface area contributed by atoms with Crippen LogP contribution in [0.1, 0.15) is 39.4 Å². The third kappa shape index (κ3) is 3.35. The molecular weight excluding hydrogens is 368 g/mol. The Morgan fingerprint density at radius 3 is 2.28 bits per heavy atom. The minimum atomic E-state index is -0.0417. The second-order valence-electron chi connectivity index (χ2n) is 7.55. The van der Waals surface area contributed by atoms with E-state index in [2.05, 4.69) is 15.1 Å². The molecule has 0 saturated carbocycles. The molecule has 2 aliphatic rings. The zero-order chi connectivity index (χ0) is 19.8. The van der Waals surface area contributed by atoms with Crippen LogP contribution >= 0.6 is 0 Å². The molecule has 1 fully saturated rings. The van der Waals surface area contributed by atoms with E-state index in [9.17, 15) is 9.59 Å². The molecule has 2 amide bonds.